The number of hydrogen-bond donors (Lipinski definition) is 2. The zero-order chi connectivity index (χ0) is 19.6. The number of rotatable bonds is 8. The second-order valence-corrected chi connectivity index (χ2v) is 8.48. The molecule has 0 radical (unpaired) electrons. The normalized spacial score (nSPS) is 10.3. The molecule has 0 heterocycles. The first-order valence-corrected chi connectivity index (χ1v) is 11.1. The smallest absolute Gasteiger partial charge is 0.257 e. The summed E-state index contributed by atoms with van der Waals surface area (Å²) >= 11 is 10.9. The zero-order valence-electron chi connectivity index (χ0n) is 15.1. The first kappa shape index (κ1) is 22.1. The molecule has 0 aliphatic carbocycles. The number of amides is 1. The molecule has 0 aliphatic heterocycles. The van der Waals surface area contributed by atoms with E-state index < -0.39 is 0 Å². The van der Waals surface area contributed by atoms with Gasteiger partial charge in [0.2, 0.25) is 0 Å². The van der Waals surface area contributed by atoms with Crippen molar-refractivity contribution in [2.24, 2.45) is 0 Å². The Labute approximate surface area is 187 Å². The number of thiocarbonyl (C=S) groups is 1. The highest BCUT2D eigenvalue weighted by atomic mass is 127. The van der Waals surface area contributed by atoms with Gasteiger partial charge in [0.05, 0.1) is 11.1 Å². The summed E-state index contributed by atoms with van der Waals surface area (Å²) in [5.41, 5.74) is 1.33. The average Bonchev–Trinajstić information content (AvgIpc) is 2.64. The molecular weight excluding hydrogens is 539 g/mol. The lowest BCUT2D eigenvalue weighted by molar-refractivity contribution is 0.0977. The molecule has 4 nitrogen and oxygen atoms in total. The van der Waals surface area contributed by atoms with Crippen LogP contribution in [0.15, 0.2) is 46.9 Å². The lowest BCUT2D eigenvalue weighted by Gasteiger charge is -2.12. The zero-order valence-corrected chi connectivity index (χ0v) is 19.6. The van der Waals surface area contributed by atoms with E-state index >= 15 is 0 Å². The molecule has 27 heavy (non-hydrogen) atoms. The number of benzene rings is 2. The largest absolute Gasteiger partial charge is 0.492 e. The number of nitrogens with one attached hydrogen (secondary N) is 2. The monoisotopic (exact) mass is 560 g/mol. The number of carbonyl (C=O) groups is 1. The molecular formula is C20H22BrIN2O2S. The summed E-state index contributed by atoms with van der Waals surface area (Å²) in [6, 6.07) is 13.0. The van der Waals surface area contributed by atoms with Gasteiger partial charge in [-0.05, 0) is 99.6 Å². The minimum absolute atomic E-state index is 0.258. The van der Waals surface area contributed by atoms with Crippen LogP contribution in [0.2, 0.25) is 0 Å². The van der Waals surface area contributed by atoms with Crippen molar-refractivity contribution in [3.8, 4) is 5.75 Å². The molecule has 0 aliphatic rings. The topological polar surface area (TPSA) is 50.4 Å². The maximum Gasteiger partial charge on any atom is 0.257 e. The molecule has 0 spiro atoms. The van der Waals surface area contributed by atoms with Gasteiger partial charge in [-0.3, -0.25) is 10.1 Å². The van der Waals surface area contributed by atoms with Gasteiger partial charge in [-0.2, -0.15) is 0 Å². The Kier molecular flexibility index (Phi) is 9.50. The number of carbonyl (C=O) groups excluding carboxylic acids is 1. The molecule has 2 aromatic carbocycles. The second kappa shape index (κ2) is 11.6. The van der Waals surface area contributed by atoms with Gasteiger partial charge in [0.15, 0.2) is 5.11 Å². The quantitative estimate of drug-likeness (QED) is 0.231. The van der Waals surface area contributed by atoms with Crippen LogP contribution in [0, 0.1) is 3.57 Å². The van der Waals surface area contributed by atoms with Gasteiger partial charge < -0.3 is 10.1 Å². The van der Waals surface area contributed by atoms with Crippen molar-refractivity contribution >= 4 is 67.4 Å². The summed E-state index contributed by atoms with van der Waals surface area (Å²) in [4.78, 5) is 12.4. The van der Waals surface area contributed by atoms with E-state index in [1.165, 1.54) is 19.3 Å². The summed E-state index contributed by atoms with van der Waals surface area (Å²) in [6.07, 6.45) is 4.62. The van der Waals surface area contributed by atoms with Crippen LogP contribution in [0.3, 0.4) is 0 Å². The van der Waals surface area contributed by atoms with Gasteiger partial charge in [-0.1, -0.05) is 26.2 Å². The number of halogens is 2. The summed E-state index contributed by atoms with van der Waals surface area (Å²) in [6.45, 7) is 2.86. The Morgan fingerprint density at radius 1 is 1.15 bits per heavy atom. The summed E-state index contributed by atoms with van der Waals surface area (Å²) in [7, 11) is 0. The maximum absolute atomic E-state index is 12.4. The molecule has 0 atom stereocenters. The van der Waals surface area contributed by atoms with Gasteiger partial charge >= 0.3 is 0 Å². The van der Waals surface area contributed by atoms with Crippen LogP contribution in [0.5, 0.6) is 5.75 Å². The molecule has 0 saturated carbocycles. The van der Waals surface area contributed by atoms with Gasteiger partial charge in [0, 0.05) is 14.8 Å². The van der Waals surface area contributed by atoms with E-state index in [1.54, 1.807) is 18.2 Å². The molecule has 0 saturated heterocycles. The van der Waals surface area contributed by atoms with Crippen LogP contribution in [-0.2, 0) is 0 Å². The van der Waals surface area contributed by atoms with Crippen LogP contribution in [-0.4, -0.2) is 17.6 Å². The Morgan fingerprint density at radius 2 is 1.89 bits per heavy atom. The highest BCUT2D eigenvalue weighted by Gasteiger charge is 2.11. The van der Waals surface area contributed by atoms with E-state index in [2.05, 4.69) is 56.1 Å². The third-order valence-corrected chi connectivity index (χ3v) is 5.32. The predicted molar refractivity (Wildman–Crippen MR) is 127 cm³/mol. The minimum Gasteiger partial charge on any atom is -0.492 e. The fraction of sp³-hybridized carbons (Fsp3) is 0.300. The molecule has 2 aromatic rings. The van der Waals surface area contributed by atoms with Crippen LogP contribution >= 0.6 is 50.7 Å². The highest BCUT2D eigenvalue weighted by molar-refractivity contribution is 14.1. The standard InChI is InChI=1S/C20H22BrIN2O2S/c1-2-3-4-5-12-26-18-11-6-14(13-17(18)21)19(25)24-20(27)23-16-9-7-15(22)8-10-16/h6-11,13H,2-5,12H2,1H3,(H2,23,24,25,27). The molecule has 7 heteroatoms. The van der Waals surface area contributed by atoms with Crippen molar-refractivity contribution in [2.75, 3.05) is 11.9 Å². The highest BCUT2D eigenvalue weighted by Crippen LogP contribution is 2.26. The molecule has 0 unspecified atom stereocenters. The fourth-order valence-electron chi connectivity index (χ4n) is 2.34. The van der Waals surface area contributed by atoms with Crippen LogP contribution in [0.25, 0.3) is 0 Å². The van der Waals surface area contributed by atoms with Crippen molar-refractivity contribution < 1.29 is 9.53 Å². The van der Waals surface area contributed by atoms with Crippen molar-refractivity contribution in [3.05, 3.63) is 56.1 Å². The summed E-state index contributed by atoms with van der Waals surface area (Å²) < 4.78 is 7.65. The van der Waals surface area contributed by atoms with Gasteiger partial charge in [-0.25, -0.2) is 0 Å². The van der Waals surface area contributed by atoms with Crippen molar-refractivity contribution in [2.45, 2.75) is 32.6 Å². The van der Waals surface area contributed by atoms with Gasteiger partial charge in [0.25, 0.3) is 5.91 Å². The van der Waals surface area contributed by atoms with Crippen molar-refractivity contribution in [3.63, 3.8) is 0 Å². The molecule has 0 aromatic heterocycles. The lowest BCUT2D eigenvalue weighted by Crippen LogP contribution is -2.34. The maximum atomic E-state index is 12.4. The van der Waals surface area contributed by atoms with E-state index in [-0.39, 0.29) is 11.0 Å². The van der Waals surface area contributed by atoms with Crippen molar-refractivity contribution in [1.82, 2.24) is 5.32 Å². The van der Waals surface area contributed by atoms with E-state index in [0.717, 1.165) is 25.9 Å². The average molecular weight is 561 g/mol. The second-order valence-electron chi connectivity index (χ2n) is 5.97. The molecule has 0 bridgehead atoms. The van der Waals surface area contributed by atoms with E-state index in [9.17, 15) is 4.79 Å². The van der Waals surface area contributed by atoms with E-state index in [0.29, 0.717) is 12.2 Å². The SMILES string of the molecule is CCCCCCOc1ccc(C(=O)NC(=S)Nc2ccc(I)cc2)cc1Br. The molecule has 2 N–H and O–H groups in total. The Balaban J connectivity index is 1.87. The van der Waals surface area contributed by atoms with Gasteiger partial charge in [-0.15, -0.1) is 0 Å². The van der Waals surface area contributed by atoms with Crippen LogP contribution in [0.4, 0.5) is 5.69 Å². The lowest BCUT2D eigenvalue weighted by atomic mass is 10.2. The van der Waals surface area contributed by atoms with E-state index in [4.69, 9.17) is 17.0 Å². The molecule has 0 fully saturated rings. The fourth-order valence-corrected chi connectivity index (χ4v) is 3.40. The predicted octanol–water partition coefficient (Wildman–Crippen LogP) is 6.14. The van der Waals surface area contributed by atoms with Gasteiger partial charge in [0.1, 0.15) is 5.75 Å². The number of hydrogen-bond acceptors (Lipinski definition) is 3. The van der Waals surface area contributed by atoms with Crippen LogP contribution in [0.1, 0.15) is 43.0 Å². The molecule has 144 valence electrons. The first-order valence-electron chi connectivity index (χ1n) is 8.80. The number of unbranched alkanes of at least 4 members (excludes halogenated alkanes) is 3. The number of ether oxygens (including phenoxy) is 1. The van der Waals surface area contributed by atoms with Crippen molar-refractivity contribution in [1.29, 1.82) is 0 Å². The Bertz CT molecular complexity index is 784. The Hall–Kier alpha value is -1.19. The third-order valence-electron chi connectivity index (χ3n) is 3.78. The first-order chi connectivity index (χ1) is 13.0. The molecule has 1 amide bonds. The van der Waals surface area contributed by atoms with Crippen LogP contribution < -0.4 is 15.4 Å². The summed E-state index contributed by atoms with van der Waals surface area (Å²) in [5.74, 6) is 0.468. The third kappa shape index (κ3) is 7.75. The summed E-state index contributed by atoms with van der Waals surface area (Å²) in [5, 5.41) is 5.95. The minimum atomic E-state index is -0.270. The van der Waals surface area contributed by atoms with E-state index in [1.807, 2.05) is 24.3 Å². The number of anilines is 1. The molecule has 2 rings (SSSR count). The Morgan fingerprint density at radius 3 is 2.56 bits per heavy atom.